The Bertz CT molecular complexity index is 523. The molecule has 0 aliphatic heterocycles. The van der Waals surface area contributed by atoms with Gasteiger partial charge in [-0.2, -0.15) is 0 Å². The van der Waals surface area contributed by atoms with Gasteiger partial charge in [0, 0.05) is 0 Å². The first-order valence-corrected chi connectivity index (χ1v) is 14.6. The third-order valence-corrected chi connectivity index (χ3v) is 11.1. The van der Waals surface area contributed by atoms with Gasteiger partial charge < -0.3 is 14.3 Å². The van der Waals surface area contributed by atoms with Crippen molar-refractivity contribution in [3.05, 3.63) is 12.2 Å². The summed E-state index contributed by atoms with van der Waals surface area (Å²) in [6.45, 7) is 15.9. The number of carbonyl (C=O) groups is 1. The summed E-state index contributed by atoms with van der Waals surface area (Å²) in [5, 5.41) is 11.1. The predicted molar refractivity (Wildman–Crippen MR) is 124 cm³/mol. The number of hydrogen-bond acceptors (Lipinski definition) is 4. The first kappa shape index (κ1) is 26.4. The predicted octanol–water partition coefficient (Wildman–Crippen LogP) is 6.39. The molecular weight excluding hydrogens is 380 g/mol. The van der Waals surface area contributed by atoms with Crippen LogP contribution in [-0.2, 0) is 14.0 Å². The molecule has 0 aromatic heterocycles. The minimum Gasteiger partial charge on any atom is -0.466 e. The molecule has 0 radical (unpaired) electrons. The maximum Gasteiger partial charge on any atom is 0.308 e. The summed E-state index contributed by atoms with van der Waals surface area (Å²) in [6.07, 6.45) is 12.7. The van der Waals surface area contributed by atoms with E-state index in [2.05, 4.69) is 52.9 Å². The Morgan fingerprint density at radius 3 is 2.55 bits per heavy atom. The van der Waals surface area contributed by atoms with E-state index in [9.17, 15) is 9.90 Å². The van der Waals surface area contributed by atoms with E-state index >= 15 is 0 Å². The SMILES string of the molecule is CCCCCC(/C=C/[C@H]1CCC[C@@](O)(CC(=O)OCC)C1)O[Si](C)(C)C(C)(C)C. The van der Waals surface area contributed by atoms with Crippen molar-refractivity contribution in [1.29, 1.82) is 0 Å². The molecule has 0 amide bonds. The highest BCUT2D eigenvalue weighted by molar-refractivity contribution is 6.74. The molecule has 1 saturated carbocycles. The number of esters is 1. The van der Waals surface area contributed by atoms with Crippen molar-refractivity contribution < 1.29 is 19.1 Å². The third kappa shape index (κ3) is 9.35. The van der Waals surface area contributed by atoms with Crippen LogP contribution < -0.4 is 0 Å². The number of aliphatic hydroxyl groups is 1. The fourth-order valence-electron chi connectivity index (χ4n) is 3.82. The molecule has 1 unspecified atom stereocenters. The quantitative estimate of drug-likeness (QED) is 0.180. The lowest BCUT2D eigenvalue weighted by Crippen LogP contribution is -2.43. The van der Waals surface area contributed by atoms with Crippen molar-refractivity contribution in [3.8, 4) is 0 Å². The molecule has 5 heteroatoms. The van der Waals surface area contributed by atoms with Crippen molar-refractivity contribution in [1.82, 2.24) is 0 Å². The van der Waals surface area contributed by atoms with E-state index in [1.807, 2.05) is 0 Å². The van der Waals surface area contributed by atoms with Gasteiger partial charge in [0.25, 0.3) is 0 Å². The monoisotopic (exact) mass is 426 g/mol. The smallest absolute Gasteiger partial charge is 0.308 e. The molecule has 170 valence electrons. The van der Waals surface area contributed by atoms with Crippen molar-refractivity contribution in [2.75, 3.05) is 6.61 Å². The lowest BCUT2D eigenvalue weighted by Gasteiger charge is -2.39. The number of unbranched alkanes of at least 4 members (excludes halogenated alkanes) is 2. The molecule has 0 bridgehead atoms. The Hall–Kier alpha value is -0.653. The molecule has 4 nitrogen and oxygen atoms in total. The van der Waals surface area contributed by atoms with E-state index < -0.39 is 13.9 Å². The molecule has 0 aromatic rings. The summed E-state index contributed by atoms with van der Waals surface area (Å²) in [5.74, 6) is -0.00167. The van der Waals surface area contributed by atoms with E-state index in [1.54, 1.807) is 6.92 Å². The summed E-state index contributed by atoms with van der Waals surface area (Å²) in [5.41, 5.74) is -0.933. The van der Waals surface area contributed by atoms with Crippen LogP contribution >= 0.6 is 0 Å². The molecule has 0 spiro atoms. The number of rotatable bonds is 11. The largest absolute Gasteiger partial charge is 0.466 e. The highest BCUT2D eigenvalue weighted by Gasteiger charge is 2.39. The van der Waals surface area contributed by atoms with Crippen molar-refractivity contribution in [3.63, 3.8) is 0 Å². The van der Waals surface area contributed by atoms with Gasteiger partial charge in [-0.3, -0.25) is 4.79 Å². The van der Waals surface area contributed by atoms with Crippen molar-refractivity contribution in [2.24, 2.45) is 5.92 Å². The van der Waals surface area contributed by atoms with E-state index in [1.165, 1.54) is 19.3 Å². The minimum atomic E-state index is -1.84. The van der Waals surface area contributed by atoms with E-state index in [0.717, 1.165) is 19.3 Å². The van der Waals surface area contributed by atoms with Crippen LogP contribution in [0.25, 0.3) is 0 Å². The second-order valence-corrected chi connectivity index (χ2v) is 15.1. The molecule has 1 aliphatic carbocycles. The third-order valence-electron chi connectivity index (χ3n) is 6.58. The average Bonchev–Trinajstić information content (AvgIpc) is 2.58. The molecular formula is C24H46O4Si. The van der Waals surface area contributed by atoms with Gasteiger partial charge in [0.2, 0.25) is 0 Å². The molecule has 1 aliphatic rings. The summed E-state index contributed by atoms with van der Waals surface area (Å²) in [4.78, 5) is 11.9. The first-order chi connectivity index (χ1) is 13.4. The van der Waals surface area contributed by atoms with Crippen LogP contribution in [0.2, 0.25) is 18.1 Å². The molecule has 0 saturated heterocycles. The van der Waals surface area contributed by atoms with Gasteiger partial charge in [-0.1, -0.05) is 59.1 Å². The number of allylic oxidation sites excluding steroid dienone is 1. The maximum atomic E-state index is 11.9. The second kappa shape index (κ2) is 11.7. The van der Waals surface area contributed by atoms with Crippen LogP contribution in [0, 0.1) is 5.92 Å². The summed E-state index contributed by atoms with van der Waals surface area (Å²) in [7, 11) is -1.84. The average molecular weight is 427 g/mol. The Labute approximate surface area is 180 Å². The summed E-state index contributed by atoms with van der Waals surface area (Å²) in [6, 6.07) is 0. The van der Waals surface area contributed by atoms with Gasteiger partial charge in [0.15, 0.2) is 8.32 Å². The highest BCUT2D eigenvalue weighted by atomic mass is 28.4. The molecule has 29 heavy (non-hydrogen) atoms. The zero-order valence-electron chi connectivity index (χ0n) is 20.1. The summed E-state index contributed by atoms with van der Waals surface area (Å²) < 4.78 is 11.8. The highest BCUT2D eigenvalue weighted by Crippen LogP contribution is 2.39. The molecule has 1 N–H and O–H groups in total. The van der Waals surface area contributed by atoms with Gasteiger partial charge in [-0.05, 0) is 63.1 Å². The van der Waals surface area contributed by atoms with Crippen LogP contribution in [0.4, 0.5) is 0 Å². The normalized spacial score (nSPS) is 24.6. The zero-order chi connectivity index (χ0) is 22.1. The molecule has 1 fully saturated rings. The molecule has 0 heterocycles. The van der Waals surface area contributed by atoms with E-state index in [-0.39, 0.29) is 23.5 Å². The van der Waals surface area contributed by atoms with Gasteiger partial charge in [-0.15, -0.1) is 0 Å². The van der Waals surface area contributed by atoms with E-state index in [0.29, 0.717) is 25.4 Å². The Kier molecular flexibility index (Phi) is 10.6. The lowest BCUT2D eigenvalue weighted by atomic mass is 9.76. The zero-order valence-corrected chi connectivity index (χ0v) is 21.1. The lowest BCUT2D eigenvalue weighted by molar-refractivity contribution is -0.150. The fourth-order valence-corrected chi connectivity index (χ4v) is 5.12. The van der Waals surface area contributed by atoms with Crippen molar-refractivity contribution in [2.45, 2.75) is 122 Å². The first-order valence-electron chi connectivity index (χ1n) is 11.7. The molecule has 0 aromatic carbocycles. The fraction of sp³-hybridized carbons (Fsp3) is 0.875. The van der Waals surface area contributed by atoms with Crippen LogP contribution in [0.5, 0.6) is 0 Å². The summed E-state index contributed by atoms with van der Waals surface area (Å²) >= 11 is 0. The Morgan fingerprint density at radius 1 is 1.28 bits per heavy atom. The molecule has 3 atom stereocenters. The maximum absolute atomic E-state index is 11.9. The second-order valence-electron chi connectivity index (χ2n) is 10.4. The molecule has 1 rings (SSSR count). The van der Waals surface area contributed by atoms with Gasteiger partial charge in [-0.25, -0.2) is 0 Å². The standard InChI is InChI=1S/C24H46O4Si/c1-8-10-11-14-21(28-29(6,7)23(3,4)5)16-15-20-13-12-17-24(26,18-20)19-22(25)27-9-2/h15-16,20-21,26H,8-14,17-19H2,1-7H3/b16-15+/t20-,21?,24+/m1/s1. The van der Waals surface area contributed by atoms with Gasteiger partial charge in [0.05, 0.1) is 24.7 Å². The van der Waals surface area contributed by atoms with Gasteiger partial charge >= 0.3 is 5.97 Å². The number of ether oxygens (including phenoxy) is 1. The van der Waals surface area contributed by atoms with Crippen molar-refractivity contribution >= 4 is 14.3 Å². The Morgan fingerprint density at radius 2 is 1.97 bits per heavy atom. The van der Waals surface area contributed by atoms with Crippen LogP contribution in [0.3, 0.4) is 0 Å². The van der Waals surface area contributed by atoms with Crippen LogP contribution in [0.1, 0.15) is 92.4 Å². The Balaban J connectivity index is 2.79. The van der Waals surface area contributed by atoms with Gasteiger partial charge in [0.1, 0.15) is 0 Å². The van der Waals surface area contributed by atoms with Crippen LogP contribution in [0.15, 0.2) is 12.2 Å². The number of carbonyl (C=O) groups excluding carboxylic acids is 1. The number of hydrogen-bond donors (Lipinski definition) is 1. The minimum absolute atomic E-state index is 0.103. The van der Waals surface area contributed by atoms with E-state index in [4.69, 9.17) is 9.16 Å². The van der Waals surface area contributed by atoms with Crippen LogP contribution in [-0.4, -0.2) is 37.7 Å². The topological polar surface area (TPSA) is 55.8 Å².